The van der Waals surface area contributed by atoms with Gasteiger partial charge in [0.25, 0.3) is 0 Å². The first-order valence-electron chi connectivity index (χ1n) is 12.3. The molecule has 3 N–H and O–H groups in total. The Morgan fingerprint density at radius 1 is 1.06 bits per heavy atom. The van der Waals surface area contributed by atoms with Crippen molar-refractivity contribution in [3.63, 3.8) is 0 Å². The topological polar surface area (TPSA) is 67.9 Å². The summed E-state index contributed by atoms with van der Waals surface area (Å²) in [6, 6.07) is 17.0. The molecule has 7 rings (SSSR count). The molecule has 1 saturated carbocycles. The number of carbonyl (C=O) groups is 1. The first-order chi connectivity index (χ1) is 17.2. The maximum atomic E-state index is 11.5. The summed E-state index contributed by atoms with van der Waals surface area (Å²) in [4.78, 5) is 14.0. The molecule has 5 heterocycles. The number of carbonyl (C=O) groups excluding carboxylic acids is 1. The fourth-order valence-electron chi connectivity index (χ4n) is 5.21. The average molecular weight is 487 g/mol. The van der Waals surface area contributed by atoms with Gasteiger partial charge in [-0.05, 0) is 55.5 Å². The minimum atomic E-state index is -0.0625. The minimum absolute atomic E-state index is 0.0625. The number of anilines is 3. The third kappa shape index (κ3) is 3.54. The van der Waals surface area contributed by atoms with Crippen LogP contribution in [-0.4, -0.2) is 22.8 Å². The third-order valence-corrected chi connectivity index (χ3v) is 8.18. The van der Waals surface area contributed by atoms with E-state index in [-0.39, 0.29) is 5.91 Å². The molecule has 0 radical (unpaired) electrons. The van der Waals surface area contributed by atoms with E-state index in [0.29, 0.717) is 5.92 Å². The van der Waals surface area contributed by atoms with Gasteiger partial charge in [0.2, 0.25) is 17.5 Å². The summed E-state index contributed by atoms with van der Waals surface area (Å²) in [5, 5.41) is 4.97. The van der Waals surface area contributed by atoms with E-state index in [0.717, 1.165) is 35.7 Å². The average Bonchev–Trinajstić information content (AvgIpc) is 3.28. The van der Waals surface area contributed by atoms with Crippen molar-refractivity contribution >= 4 is 40.5 Å². The maximum absolute atomic E-state index is 11.5. The lowest BCUT2D eigenvalue weighted by Gasteiger charge is -2.16. The standard InChI is InChI=1S/C26H27N7OS/c1-17(34)27-20-8-6-19(7-9-20)26-22-10-12-24(30-14-2-3-15-30)32(22)35-33-23(26)11-13-25(33)31-16-21(28-29-31)18-4-5-18/h6-13,16,18,28-29H,2-5,14-15H2,1H3/p+1. The van der Waals surface area contributed by atoms with Crippen molar-refractivity contribution < 1.29 is 8.75 Å². The van der Waals surface area contributed by atoms with Crippen LogP contribution in [0.4, 0.5) is 17.3 Å². The Hall–Kier alpha value is -3.56. The van der Waals surface area contributed by atoms with Crippen LogP contribution in [-0.2, 0) is 4.79 Å². The Balaban J connectivity index is 1.39. The maximum Gasteiger partial charge on any atom is 0.239 e. The molecular weight excluding hydrogens is 458 g/mol. The number of hydrogen-bond donors (Lipinski definition) is 3. The predicted molar refractivity (Wildman–Crippen MR) is 139 cm³/mol. The molecule has 1 aromatic heterocycles. The van der Waals surface area contributed by atoms with Gasteiger partial charge < -0.3 is 10.7 Å². The van der Waals surface area contributed by atoms with E-state index in [1.807, 2.05) is 12.1 Å². The lowest BCUT2D eigenvalue weighted by Crippen LogP contribution is -2.38. The molecule has 0 atom stereocenters. The molecule has 35 heavy (non-hydrogen) atoms. The molecule has 0 unspecified atom stereocenters. The fraction of sp³-hybridized carbons (Fsp3) is 0.308. The van der Waals surface area contributed by atoms with Gasteiger partial charge in [-0.1, -0.05) is 12.1 Å². The summed E-state index contributed by atoms with van der Waals surface area (Å²) >= 11 is 1.73. The molecule has 2 aromatic rings. The second kappa shape index (κ2) is 8.00. The van der Waals surface area contributed by atoms with Gasteiger partial charge in [0.05, 0.1) is 18.7 Å². The van der Waals surface area contributed by atoms with Crippen LogP contribution in [0.15, 0.2) is 60.4 Å². The molecule has 1 amide bonds. The Kier molecular flexibility index (Phi) is 4.75. The quantitative estimate of drug-likeness (QED) is 0.372. The van der Waals surface area contributed by atoms with Gasteiger partial charge in [0.15, 0.2) is 11.7 Å². The highest BCUT2D eigenvalue weighted by atomic mass is 32.1. The summed E-state index contributed by atoms with van der Waals surface area (Å²) in [6.07, 6.45) is 7.19. The molecule has 8 nitrogen and oxygen atoms in total. The van der Waals surface area contributed by atoms with Crippen molar-refractivity contribution in [3.05, 3.63) is 60.4 Å². The second-order valence-electron chi connectivity index (χ2n) is 9.62. The molecule has 178 valence electrons. The molecule has 2 fully saturated rings. The highest BCUT2D eigenvalue weighted by Crippen LogP contribution is 2.39. The molecular formula is C26H28N7OS+. The number of aromatic nitrogens is 2. The van der Waals surface area contributed by atoms with E-state index in [1.165, 1.54) is 55.4 Å². The number of benzene rings is 1. The van der Waals surface area contributed by atoms with Crippen molar-refractivity contribution in [2.24, 2.45) is 5.92 Å². The van der Waals surface area contributed by atoms with Crippen LogP contribution in [0.1, 0.15) is 32.6 Å². The molecule has 0 spiro atoms. The van der Waals surface area contributed by atoms with Crippen LogP contribution in [0, 0.1) is 5.92 Å². The first kappa shape index (κ1) is 20.8. The zero-order chi connectivity index (χ0) is 23.5. The zero-order valence-electron chi connectivity index (χ0n) is 19.6. The van der Waals surface area contributed by atoms with Crippen LogP contribution < -0.4 is 30.1 Å². The van der Waals surface area contributed by atoms with E-state index in [4.69, 9.17) is 0 Å². The monoisotopic (exact) mass is 486 g/mol. The number of rotatable bonds is 5. The first-order valence-corrected chi connectivity index (χ1v) is 13.0. The largest absolute Gasteiger partial charge is 0.326 e. The molecule has 5 aliphatic rings. The molecule has 1 aromatic carbocycles. The van der Waals surface area contributed by atoms with E-state index in [1.54, 1.807) is 11.7 Å². The summed E-state index contributed by atoms with van der Waals surface area (Å²) in [5.74, 6) is 2.92. The molecule has 9 heteroatoms. The van der Waals surface area contributed by atoms with E-state index >= 15 is 0 Å². The summed E-state index contributed by atoms with van der Waals surface area (Å²) in [7, 11) is 0. The summed E-state index contributed by atoms with van der Waals surface area (Å²) < 4.78 is 4.68. The number of nitrogens with zero attached hydrogens (tertiary/aromatic N) is 4. The second-order valence-corrected chi connectivity index (χ2v) is 10.5. The smallest absolute Gasteiger partial charge is 0.239 e. The number of hydrazine groups is 2. The molecule has 1 saturated heterocycles. The van der Waals surface area contributed by atoms with Gasteiger partial charge in [-0.3, -0.25) is 9.69 Å². The number of hydrogen-bond acceptors (Lipinski definition) is 6. The van der Waals surface area contributed by atoms with E-state index < -0.39 is 0 Å². The highest BCUT2D eigenvalue weighted by molar-refractivity contribution is 6.96. The Labute approximate surface area is 208 Å². The number of nitrogens with one attached hydrogen (secondary N) is 3. The van der Waals surface area contributed by atoms with Crippen molar-refractivity contribution in [1.82, 2.24) is 14.8 Å². The highest BCUT2D eigenvalue weighted by Gasteiger charge is 2.33. The predicted octanol–water partition coefficient (Wildman–Crippen LogP) is 4.02. The van der Waals surface area contributed by atoms with Crippen LogP contribution in [0.2, 0.25) is 0 Å². The normalized spacial score (nSPS) is 17.9. The van der Waals surface area contributed by atoms with E-state index in [2.05, 4.69) is 76.5 Å². The van der Waals surface area contributed by atoms with Gasteiger partial charge in [0.1, 0.15) is 11.2 Å². The lowest BCUT2D eigenvalue weighted by atomic mass is 10.0. The number of allylic oxidation sites excluding steroid dienone is 1. The Morgan fingerprint density at radius 2 is 1.86 bits per heavy atom. The van der Waals surface area contributed by atoms with Gasteiger partial charge in [0, 0.05) is 42.6 Å². The molecule has 4 aliphatic heterocycles. The van der Waals surface area contributed by atoms with Gasteiger partial charge >= 0.3 is 0 Å². The van der Waals surface area contributed by atoms with Crippen LogP contribution in [0.5, 0.6) is 0 Å². The third-order valence-electron chi connectivity index (χ3n) is 7.09. The van der Waals surface area contributed by atoms with Crippen molar-refractivity contribution in [3.8, 4) is 16.8 Å². The van der Waals surface area contributed by atoms with Crippen LogP contribution >= 0.6 is 11.7 Å². The fourth-order valence-corrected chi connectivity index (χ4v) is 6.35. The van der Waals surface area contributed by atoms with Crippen molar-refractivity contribution in [1.29, 1.82) is 0 Å². The summed E-state index contributed by atoms with van der Waals surface area (Å²) in [6.45, 7) is 3.73. The number of fused-ring (bicyclic) bond motifs is 2. The minimum Gasteiger partial charge on any atom is -0.326 e. The number of amides is 1. The van der Waals surface area contributed by atoms with Gasteiger partial charge in [-0.2, -0.15) is 3.79 Å². The van der Waals surface area contributed by atoms with Gasteiger partial charge in [-0.25, -0.2) is 5.01 Å². The molecule has 0 bridgehead atoms. The SMILES string of the molecule is CC(=O)Nc1ccc(-c2c3ccc(N4CCCC4)[n+]-3sn3c(N4C=C(C5CC5)NN4)ccc23)cc1. The lowest BCUT2D eigenvalue weighted by molar-refractivity contribution is -0.505. The zero-order valence-corrected chi connectivity index (χ0v) is 20.4. The van der Waals surface area contributed by atoms with Crippen molar-refractivity contribution in [2.75, 3.05) is 28.3 Å². The summed E-state index contributed by atoms with van der Waals surface area (Å²) in [5.41, 5.74) is 13.4. The Morgan fingerprint density at radius 3 is 2.60 bits per heavy atom. The van der Waals surface area contributed by atoms with Crippen LogP contribution in [0.3, 0.4) is 0 Å². The van der Waals surface area contributed by atoms with Gasteiger partial charge in [-0.15, -0.1) is 9.49 Å². The van der Waals surface area contributed by atoms with Crippen molar-refractivity contribution in [2.45, 2.75) is 32.6 Å². The van der Waals surface area contributed by atoms with E-state index in [9.17, 15) is 4.79 Å². The molecule has 1 aliphatic carbocycles. The van der Waals surface area contributed by atoms with Crippen LogP contribution in [0.25, 0.3) is 22.3 Å². The Bertz CT molecular complexity index is 1430.